The number of carbonyl (C=O) groups is 3. The van der Waals surface area contributed by atoms with Gasteiger partial charge >= 0.3 is 18.1 Å². The number of halogens is 3. The molecule has 0 saturated heterocycles. The molecule has 39 heavy (non-hydrogen) atoms. The van der Waals surface area contributed by atoms with E-state index in [1.54, 1.807) is 17.6 Å². The molecule has 0 saturated carbocycles. The first-order chi connectivity index (χ1) is 18.5. The summed E-state index contributed by atoms with van der Waals surface area (Å²) in [5.41, 5.74) is -0.479. The molecule has 3 aromatic rings. The van der Waals surface area contributed by atoms with Crippen LogP contribution in [0.2, 0.25) is 0 Å². The number of hydrogen-bond acceptors (Lipinski definition) is 10. The summed E-state index contributed by atoms with van der Waals surface area (Å²) < 4.78 is 55.5. The summed E-state index contributed by atoms with van der Waals surface area (Å²) >= 11 is 1.91. The number of aromatic nitrogens is 3. The number of nitrogens with one attached hydrogen (secondary N) is 1. The molecule has 10 nitrogen and oxygen atoms in total. The lowest BCUT2D eigenvalue weighted by atomic mass is 10.1. The van der Waals surface area contributed by atoms with Crippen molar-refractivity contribution >= 4 is 45.9 Å². The number of hydrogen-bond donors (Lipinski definition) is 1. The summed E-state index contributed by atoms with van der Waals surface area (Å²) in [5, 5.41) is 11.2. The molecule has 0 unspecified atom stereocenters. The molecule has 0 aliphatic carbocycles. The van der Waals surface area contributed by atoms with E-state index < -0.39 is 29.6 Å². The minimum absolute atomic E-state index is 0.00512. The van der Waals surface area contributed by atoms with Gasteiger partial charge in [-0.25, -0.2) is 9.59 Å². The first kappa shape index (κ1) is 29.7. The highest BCUT2D eigenvalue weighted by Gasteiger charge is 2.31. The van der Waals surface area contributed by atoms with Crippen molar-refractivity contribution in [3.05, 3.63) is 64.3 Å². The number of allylic oxidation sites excluding steroid dienone is 1. The molecule has 2 aromatic heterocycles. The number of methoxy groups -OCH3 is 2. The van der Waals surface area contributed by atoms with E-state index in [4.69, 9.17) is 14.2 Å². The van der Waals surface area contributed by atoms with Crippen LogP contribution in [0.5, 0.6) is 5.75 Å². The molecule has 0 bridgehead atoms. The van der Waals surface area contributed by atoms with E-state index in [-0.39, 0.29) is 40.1 Å². The Morgan fingerprint density at radius 3 is 2.54 bits per heavy atom. The van der Waals surface area contributed by atoms with E-state index in [9.17, 15) is 27.6 Å². The summed E-state index contributed by atoms with van der Waals surface area (Å²) in [6.45, 7) is 5.29. The molecule has 15 heteroatoms. The predicted octanol–water partition coefficient (Wildman–Crippen LogP) is 4.74. The van der Waals surface area contributed by atoms with Gasteiger partial charge in [0, 0.05) is 6.54 Å². The smallest absolute Gasteiger partial charge is 0.416 e. The molecular weight excluding hydrogens is 561 g/mol. The van der Waals surface area contributed by atoms with Crippen LogP contribution in [0, 0.1) is 6.92 Å². The van der Waals surface area contributed by atoms with Gasteiger partial charge in [-0.05, 0) is 30.7 Å². The van der Waals surface area contributed by atoms with Gasteiger partial charge < -0.3 is 19.5 Å². The van der Waals surface area contributed by atoms with Crippen LogP contribution in [0.15, 0.2) is 42.1 Å². The van der Waals surface area contributed by atoms with Gasteiger partial charge in [0.05, 0.1) is 31.1 Å². The van der Waals surface area contributed by atoms with Crippen LogP contribution in [0.25, 0.3) is 0 Å². The Hall–Kier alpha value is -3.85. The van der Waals surface area contributed by atoms with Crippen molar-refractivity contribution < 1.29 is 41.8 Å². The third-order valence-corrected chi connectivity index (χ3v) is 7.28. The second-order valence-corrected chi connectivity index (χ2v) is 9.66. The van der Waals surface area contributed by atoms with Crippen LogP contribution < -0.4 is 10.1 Å². The van der Waals surface area contributed by atoms with Crippen molar-refractivity contribution in [2.45, 2.75) is 31.4 Å². The SMILES string of the molecule is C=CCn1c(COc2cccc(C(F)(F)F)c2)nnc1SCC(=O)Nc1sc(C(=O)OC)c(C)c1C(=O)OC. The largest absolute Gasteiger partial charge is 0.486 e. The molecule has 2 heterocycles. The van der Waals surface area contributed by atoms with Crippen LogP contribution in [0.1, 0.15) is 37.0 Å². The van der Waals surface area contributed by atoms with Gasteiger partial charge in [-0.15, -0.1) is 28.1 Å². The molecule has 3 rings (SSSR count). The Balaban J connectivity index is 1.71. The number of anilines is 1. The summed E-state index contributed by atoms with van der Waals surface area (Å²) in [5.74, 6) is -1.72. The number of rotatable bonds is 11. The van der Waals surface area contributed by atoms with E-state index >= 15 is 0 Å². The van der Waals surface area contributed by atoms with E-state index in [0.29, 0.717) is 16.5 Å². The molecule has 0 atom stereocenters. The quantitative estimate of drug-likeness (QED) is 0.194. The van der Waals surface area contributed by atoms with Gasteiger partial charge in [0.25, 0.3) is 0 Å². The molecule has 1 amide bonds. The standard InChI is InChI=1S/C24H23F3N4O6S2/c1-5-9-31-16(11-37-15-8-6-7-14(10-15)24(25,26)27)29-30-23(31)38-12-17(32)28-20-18(21(33)35-3)13(2)19(39-20)22(34)36-4/h5-8,10H,1,9,11-12H2,2-4H3,(H,28,32). The zero-order valence-electron chi connectivity index (χ0n) is 21.0. The van der Waals surface area contributed by atoms with Gasteiger partial charge in [-0.3, -0.25) is 9.36 Å². The Labute approximate surface area is 229 Å². The van der Waals surface area contributed by atoms with Gasteiger partial charge in [-0.2, -0.15) is 13.2 Å². The highest BCUT2D eigenvalue weighted by molar-refractivity contribution is 7.99. The average molecular weight is 585 g/mol. The minimum Gasteiger partial charge on any atom is -0.486 e. The Kier molecular flexibility index (Phi) is 9.75. The van der Waals surface area contributed by atoms with Crippen LogP contribution in [-0.2, 0) is 33.6 Å². The monoisotopic (exact) mass is 584 g/mol. The summed E-state index contributed by atoms with van der Waals surface area (Å²) in [4.78, 5) is 37.2. The zero-order chi connectivity index (χ0) is 28.7. The fraction of sp³-hybridized carbons (Fsp3) is 0.292. The maximum atomic E-state index is 13.0. The molecule has 0 aliphatic heterocycles. The molecule has 0 radical (unpaired) electrons. The maximum absolute atomic E-state index is 13.0. The number of benzene rings is 1. The molecule has 0 fully saturated rings. The lowest BCUT2D eigenvalue weighted by molar-refractivity contribution is -0.137. The fourth-order valence-corrected chi connectivity index (χ4v) is 5.18. The number of esters is 2. The zero-order valence-corrected chi connectivity index (χ0v) is 22.6. The van der Waals surface area contributed by atoms with Crippen molar-refractivity contribution in [2.24, 2.45) is 0 Å². The normalized spacial score (nSPS) is 11.1. The molecule has 1 N–H and O–H groups in total. The van der Waals surface area contributed by atoms with Gasteiger partial charge in [0.2, 0.25) is 5.91 Å². The number of ether oxygens (including phenoxy) is 3. The predicted molar refractivity (Wildman–Crippen MR) is 137 cm³/mol. The second kappa shape index (κ2) is 12.8. The van der Waals surface area contributed by atoms with Gasteiger partial charge in [0.1, 0.15) is 22.2 Å². The highest BCUT2D eigenvalue weighted by atomic mass is 32.2. The van der Waals surface area contributed by atoms with Crippen molar-refractivity contribution in [3.8, 4) is 5.75 Å². The van der Waals surface area contributed by atoms with E-state index in [0.717, 1.165) is 35.2 Å². The fourth-order valence-electron chi connectivity index (χ4n) is 3.28. The van der Waals surface area contributed by atoms with Crippen LogP contribution in [0.4, 0.5) is 18.2 Å². The maximum Gasteiger partial charge on any atom is 0.416 e. The Morgan fingerprint density at radius 2 is 1.90 bits per heavy atom. The van der Waals surface area contributed by atoms with E-state index in [1.807, 2.05) is 0 Å². The first-order valence-electron chi connectivity index (χ1n) is 11.1. The van der Waals surface area contributed by atoms with Gasteiger partial charge in [0.15, 0.2) is 11.0 Å². The number of thiophene rings is 1. The van der Waals surface area contributed by atoms with Crippen molar-refractivity contribution in [1.29, 1.82) is 0 Å². The van der Waals surface area contributed by atoms with Crippen molar-refractivity contribution in [1.82, 2.24) is 14.8 Å². The Bertz CT molecular complexity index is 1390. The number of thioether (sulfide) groups is 1. The number of nitrogens with zero attached hydrogens (tertiary/aromatic N) is 3. The first-order valence-corrected chi connectivity index (χ1v) is 12.9. The van der Waals surface area contributed by atoms with Crippen molar-refractivity contribution in [3.63, 3.8) is 0 Å². The number of alkyl halides is 3. The van der Waals surface area contributed by atoms with Crippen LogP contribution >= 0.6 is 23.1 Å². The van der Waals surface area contributed by atoms with E-state index in [1.165, 1.54) is 26.4 Å². The molecule has 0 aliphatic rings. The third-order valence-electron chi connectivity index (χ3n) is 5.13. The van der Waals surface area contributed by atoms with Crippen LogP contribution in [0.3, 0.4) is 0 Å². The second-order valence-electron chi connectivity index (χ2n) is 7.69. The molecular formula is C24H23F3N4O6S2. The van der Waals surface area contributed by atoms with Crippen molar-refractivity contribution in [2.75, 3.05) is 25.3 Å². The summed E-state index contributed by atoms with van der Waals surface area (Å²) in [6, 6.07) is 4.45. The highest BCUT2D eigenvalue weighted by Crippen LogP contribution is 2.35. The lowest BCUT2D eigenvalue weighted by Gasteiger charge is -2.11. The molecule has 208 valence electrons. The summed E-state index contributed by atoms with van der Waals surface area (Å²) in [6.07, 6.45) is -2.94. The minimum atomic E-state index is -4.51. The molecule has 1 aromatic carbocycles. The van der Waals surface area contributed by atoms with E-state index in [2.05, 4.69) is 22.1 Å². The molecule has 0 spiro atoms. The lowest BCUT2D eigenvalue weighted by Crippen LogP contribution is -2.16. The number of amides is 1. The average Bonchev–Trinajstić information content (AvgIpc) is 3.44. The van der Waals surface area contributed by atoms with Gasteiger partial charge in [-0.1, -0.05) is 23.9 Å². The third kappa shape index (κ3) is 7.17. The topological polar surface area (TPSA) is 122 Å². The summed E-state index contributed by atoms with van der Waals surface area (Å²) in [7, 11) is 2.38. The Morgan fingerprint density at radius 1 is 1.18 bits per heavy atom. The number of carbonyl (C=O) groups excluding carboxylic acids is 3. The van der Waals surface area contributed by atoms with Crippen LogP contribution in [-0.4, -0.2) is 52.6 Å².